The molecule has 0 aromatic rings. The van der Waals surface area contributed by atoms with Gasteiger partial charge in [-0.1, -0.05) is 19.1 Å². The van der Waals surface area contributed by atoms with Crippen molar-refractivity contribution in [2.75, 3.05) is 0 Å². The summed E-state index contributed by atoms with van der Waals surface area (Å²) in [6.07, 6.45) is 1.34. The standard InChI is InChI=1S/C15H26O4/c1-6-12-9-13(19-15(4,5)18-12)7-11(16)8-14(17)10(2)3/h12-14,17H,2,6-9H2,1,3-5H3/t12-,13-,14-/m1/s1. The van der Waals surface area contributed by atoms with E-state index in [0.29, 0.717) is 12.0 Å². The molecule has 0 bridgehead atoms. The van der Waals surface area contributed by atoms with Gasteiger partial charge in [-0.25, -0.2) is 0 Å². The van der Waals surface area contributed by atoms with Gasteiger partial charge in [-0.3, -0.25) is 4.79 Å². The molecule has 4 heteroatoms. The van der Waals surface area contributed by atoms with Crippen LogP contribution in [0.25, 0.3) is 0 Å². The molecule has 0 amide bonds. The molecule has 1 fully saturated rings. The number of hydrogen-bond donors (Lipinski definition) is 1. The molecule has 1 N–H and O–H groups in total. The highest BCUT2D eigenvalue weighted by molar-refractivity contribution is 5.79. The van der Waals surface area contributed by atoms with Gasteiger partial charge in [0.2, 0.25) is 0 Å². The third-order valence-corrected chi connectivity index (χ3v) is 3.33. The number of Topliss-reactive ketones (excluding diaryl/α,β-unsaturated/α-hetero) is 1. The van der Waals surface area contributed by atoms with Crippen molar-refractivity contribution in [2.24, 2.45) is 0 Å². The zero-order valence-electron chi connectivity index (χ0n) is 12.4. The van der Waals surface area contributed by atoms with Crippen LogP contribution in [0, 0.1) is 0 Å². The highest BCUT2D eigenvalue weighted by atomic mass is 16.7. The fourth-order valence-electron chi connectivity index (χ4n) is 2.32. The fourth-order valence-corrected chi connectivity index (χ4v) is 2.32. The third kappa shape index (κ3) is 5.43. The summed E-state index contributed by atoms with van der Waals surface area (Å²) in [4.78, 5) is 11.9. The average molecular weight is 270 g/mol. The summed E-state index contributed by atoms with van der Waals surface area (Å²) in [6, 6.07) is 0. The molecule has 4 nitrogen and oxygen atoms in total. The van der Waals surface area contributed by atoms with E-state index in [-0.39, 0.29) is 24.4 Å². The Morgan fingerprint density at radius 3 is 2.53 bits per heavy atom. The first-order chi connectivity index (χ1) is 8.73. The van der Waals surface area contributed by atoms with E-state index in [1.807, 2.05) is 13.8 Å². The molecule has 1 saturated heterocycles. The Bertz CT molecular complexity index is 335. The van der Waals surface area contributed by atoms with Crippen LogP contribution in [0.2, 0.25) is 0 Å². The first-order valence-corrected chi connectivity index (χ1v) is 6.94. The Balaban J connectivity index is 2.51. The number of ketones is 1. The van der Waals surface area contributed by atoms with Crippen LogP contribution in [0.1, 0.15) is 53.4 Å². The monoisotopic (exact) mass is 270 g/mol. The average Bonchev–Trinajstić information content (AvgIpc) is 2.26. The van der Waals surface area contributed by atoms with Gasteiger partial charge in [-0.15, -0.1) is 0 Å². The van der Waals surface area contributed by atoms with E-state index in [9.17, 15) is 9.90 Å². The second kappa shape index (κ2) is 6.64. The predicted molar refractivity (Wildman–Crippen MR) is 73.8 cm³/mol. The second-order valence-corrected chi connectivity index (χ2v) is 5.83. The smallest absolute Gasteiger partial charge is 0.163 e. The predicted octanol–water partition coefficient (Wildman–Crippen LogP) is 2.59. The molecule has 1 heterocycles. The molecular formula is C15H26O4. The minimum absolute atomic E-state index is 0.00746. The summed E-state index contributed by atoms with van der Waals surface area (Å²) in [5.74, 6) is -0.635. The Morgan fingerprint density at radius 1 is 1.42 bits per heavy atom. The maximum atomic E-state index is 11.9. The lowest BCUT2D eigenvalue weighted by molar-refractivity contribution is -0.299. The first-order valence-electron chi connectivity index (χ1n) is 6.94. The van der Waals surface area contributed by atoms with Crippen molar-refractivity contribution >= 4 is 5.78 Å². The molecule has 1 aliphatic heterocycles. The third-order valence-electron chi connectivity index (χ3n) is 3.33. The highest BCUT2D eigenvalue weighted by Gasteiger charge is 2.35. The van der Waals surface area contributed by atoms with E-state index in [0.717, 1.165) is 12.8 Å². The van der Waals surface area contributed by atoms with Crippen molar-refractivity contribution in [1.82, 2.24) is 0 Å². The van der Waals surface area contributed by atoms with E-state index >= 15 is 0 Å². The molecule has 0 radical (unpaired) electrons. The zero-order chi connectivity index (χ0) is 14.6. The van der Waals surface area contributed by atoms with Crippen LogP contribution >= 0.6 is 0 Å². The van der Waals surface area contributed by atoms with Crippen LogP contribution in [-0.4, -0.2) is 35.0 Å². The Morgan fingerprint density at radius 2 is 2.00 bits per heavy atom. The van der Waals surface area contributed by atoms with Gasteiger partial charge < -0.3 is 14.6 Å². The number of carbonyl (C=O) groups excluding carboxylic acids is 1. The van der Waals surface area contributed by atoms with Crippen LogP contribution in [-0.2, 0) is 14.3 Å². The van der Waals surface area contributed by atoms with Crippen LogP contribution in [0.4, 0.5) is 0 Å². The SMILES string of the molecule is C=C(C)[C@H](O)CC(=O)C[C@@H]1C[C@@H](CC)OC(C)(C)O1. The summed E-state index contributed by atoms with van der Waals surface area (Å²) in [5, 5.41) is 9.64. The quantitative estimate of drug-likeness (QED) is 0.754. The van der Waals surface area contributed by atoms with Gasteiger partial charge in [0.15, 0.2) is 5.79 Å². The molecular weight excluding hydrogens is 244 g/mol. The number of carbonyl (C=O) groups is 1. The van der Waals surface area contributed by atoms with Crippen molar-refractivity contribution in [3.05, 3.63) is 12.2 Å². The van der Waals surface area contributed by atoms with Crippen molar-refractivity contribution in [3.63, 3.8) is 0 Å². The van der Waals surface area contributed by atoms with Gasteiger partial charge in [-0.2, -0.15) is 0 Å². The lowest BCUT2D eigenvalue weighted by atomic mass is 9.98. The molecule has 0 spiro atoms. The Labute approximate surface area is 115 Å². The second-order valence-electron chi connectivity index (χ2n) is 5.83. The summed E-state index contributed by atoms with van der Waals surface area (Å²) < 4.78 is 11.5. The number of rotatable bonds is 6. The van der Waals surface area contributed by atoms with Crippen molar-refractivity contribution < 1.29 is 19.4 Å². The largest absolute Gasteiger partial charge is 0.388 e. The molecule has 0 aromatic carbocycles. The zero-order valence-corrected chi connectivity index (χ0v) is 12.4. The van der Waals surface area contributed by atoms with E-state index in [4.69, 9.17) is 9.47 Å². The molecule has 0 unspecified atom stereocenters. The molecule has 19 heavy (non-hydrogen) atoms. The molecule has 1 rings (SSSR count). The fraction of sp³-hybridized carbons (Fsp3) is 0.800. The normalized spacial score (nSPS) is 27.8. The minimum atomic E-state index is -0.748. The molecule has 3 atom stereocenters. The van der Waals surface area contributed by atoms with Gasteiger partial charge >= 0.3 is 0 Å². The summed E-state index contributed by atoms with van der Waals surface area (Å²) in [6.45, 7) is 11.2. The lowest BCUT2D eigenvalue weighted by Crippen LogP contribution is -2.45. The Kier molecular flexibility index (Phi) is 5.71. The molecule has 0 saturated carbocycles. The van der Waals surface area contributed by atoms with Crippen LogP contribution < -0.4 is 0 Å². The maximum Gasteiger partial charge on any atom is 0.163 e. The van der Waals surface area contributed by atoms with E-state index in [1.54, 1.807) is 6.92 Å². The van der Waals surface area contributed by atoms with E-state index in [2.05, 4.69) is 13.5 Å². The van der Waals surface area contributed by atoms with Crippen LogP contribution in [0.5, 0.6) is 0 Å². The molecule has 110 valence electrons. The summed E-state index contributed by atoms with van der Waals surface area (Å²) in [5.41, 5.74) is 0.619. The van der Waals surface area contributed by atoms with Gasteiger partial charge in [-0.05, 0) is 27.2 Å². The maximum absolute atomic E-state index is 11.9. The molecule has 0 aliphatic carbocycles. The van der Waals surface area contributed by atoms with Crippen molar-refractivity contribution in [2.45, 2.75) is 77.5 Å². The van der Waals surface area contributed by atoms with Crippen LogP contribution in [0.15, 0.2) is 12.2 Å². The topological polar surface area (TPSA) is 55.8 Å². The number of aliphatic hydroxyl groups is 1. The van der Waals surface area contributed by atoms with E-state index < -0.39 is 11.9 Å². The van der Waals surface area contributed by atoms with Crippen LogP contribution in [0.3, 0.4) is 0 Å². The molecule has 1 aliphatic rings. The van der Waals surface area contributed by atoms with Crippen molar-refractivity contribution in [1.29, 1.82) is 0 Å². The Hall–Kier alpha value is -0.710. The number of hydrogen-bond acceptors (Lipinski definition) is 4. The van der Waals surface area contributed by atoms with Crippen molar-refractivity contribution in [3.8, 4) is 0 Å². The number of aliphatic hydroxyl groups excluding tert-OH is 1. The van der Waals surface area contributed by atoms with Gasteiger partial charge in [0.25, 0.3) is 0 Å². The highest BCUT2D eigenvalue weighted by Crippen LogP contribution is 2.30. The van der Waals surface area contributed by atoms with E-state index in [1.165, 1.54) is 0 Å². The van der Waals surface area contributed by atoms with Gasteiger partial charge in [0, 0.05) is 19.3 Å². The summed E-state index contributed by atoms with van der Waals surface area (Å²) in [7, 11) is 0. The van der Waals surface area contributed by atoms with Gasteiger partial charge in [0.05, 0.1) is 18.3 Å². The first kappa shape index (κ1) is 16.3. The molecule has 0 aromatic heterocycles. The lowest BCUT2D eigenvalue weighted by Gasteiger charge is -2.40. The van der Waals surface area contributed by atoms with Gasteiger partial charge in [0.1, 0.15) is 5.78 Å². The minimum Gasteiger partial charge on any atom is -0.388 e. The number of ether oxygens (including phenoxy) is 2. The summed E-state index contributed by atoms with van der Waals surface area (Å²) >= 11 is 0.